The SMILES string of the molecule is NCC1CCCC1NC(=O)c1ccc(Oc2ccccc2)o1. The van der Waals surface area contributed by atoms with Crippen LogP contribution in [0.25, 0.3) is 0 Å². The van der Waals surface area contributed by atoms with E-state index < -0.39 is 0 Å². The van der Waals surface area contributed by atoms with Crippen molar-refractivity contribution in [2.75, 3.05) is 6.54 Å². The molecule has 1 aromatic carbocycles. The molecule has 0 aliphatic heterocycles. The molecule has 2 unspecified atom stereocenters. The molecule has 2 atom stereocenters. The maximum Gasteiger partial charge on any atom is 0.290 e. The monoisotopic (exact) mass is 300 g/mol. The lowest BCUT2D eigenvalue weighted by atomic mass is 10.0. The average molecular weight is 300 g/mol. The second-order valence-electron chi connectivity index (χ2n) is 5.54. The molecule has 0 saturated heterocycles. The summed E-state index contributed by atoms with van der Waals surface area (Å²) < 4.78 is 11.0. The summed E-state index contributed by atoms with van der Waals surface area (Å²) in [6.45, 7) is 0.603. The first-order valence-electron chi connectivity index (χ1n) is 7.60. The number of hydrogen-bond donors (Lipinski definition) is 2. The third-order valence-corrected chi connectivity index (χ3v) is 4.05. The molecular formula is C17H20N2O3. The van der Waals surface area contributed by atoms with Crippen molar-refractivity contribution >= 4 is 5.91 Å². The Kier molecular flexibility index (Phi) is 4.44. The molecule has 1 heterocycles. The molecule has 5 nitrogen and oxygen atoms in total. The average Bonchev–Trinajstić information content (AvgIpc) is 3.17. The Morgan fingerprint density at radius 2 is 2.05 bits per heavy atom. The third-order valence-electron chi connectivity index (χ3n) is 4.05. The molecule has 3 N–H and O–H groups in total. The van der Waals surface area contributed by atoms with Gasteiger partial charge in [0.15, 0.2) is 5.76 Å². The van der Waals surface area contributed by atoms with Crippen LogP contribution in [-0.4, -0.2) is 18.5 Å². The van der Waals surface area contributed by atoms with Crippen molar-refractivity contribution in [2.45, 2.75) is 25.3 Å². The lowest BCUT2D eigenvalue weighted by Gasteiger charge is -2.18. The van der Waals surface area contributed by atoms with Gasteiger partial charge in [-0.05, 0) is 43.5 Å². The predicted octanol–water partition coefficient (Wildman–Crippen LogP) is 2.93. The minimum atomic E-state index is -0.215. The van der Waals surface area contributed by atoms with Gasteiger partial charge in [-0.1, -0.05) is 24.6 Å². The first kappa shape index (κ1) is 14.7. The van der Waals surface area contributed by atoms with Crippen molar-refractivity contribution in [2.24, 2.45) is 11.7 Å². The fraction of sp³-hybridized carbons (Fsp3) is 0.353. The van der Waals surface area contributed by atoms with Crippen molar-refractivity contribution in [3.8, 4) is 11.7 Å². The van der Waals surface area contributed by atoms with Gasteiger partial charge in [0.25, 0.3) is 11.9 Å². The van der Waals surface area contributed by atoms with E-state index in [0.717, 1.165) is 19.3 Å². The van der Waals surface area contributed by atoms with Gasteiger partial charge in [0.2, 0.25) is 0 Å². The number of rotatable bonds is 5. The van der Waals surface area contributed by atoms with Crippen LogP contribution in [0.1, 0.15) is 29.8 Å². The number of carbonyl (C=O) groups is 1. The summed E-state index contributed by atoms with van der Waals surface area (Å²) in [5, 5.41) is 3.01. The molecule has 0 bridgehead atoms. The largest absolute Gasteiger partial charge is 0.426 e. The minimum absolute atomic E-state index is 0.140. The molecule has 0 radical (unpaired) electrons. The van der Waals surface area contributed by atoms with Crippen LogP contribution in [0.5, 0.6) is 11.7 Å². The standard InChI is InChI=1S/C17H20N2O3/c18-11-12-5-4-8-14(12)19-17(20)15-9-10-16(22-15)21-13-6-2-1-3-7-13/h1-3,6-7,9-10,12,14H,4-5,8,11,18H2,(H,19,20). The number of hydrogen-bond acceptors (Lipinski definition) is 4. The van der Waals surface area contributed by atoms with Gasteiger partial charge in [0.05, 0.1) is 0 Å². The van der Waals surface area contributed by atoms with Crippen molar-refractivity contribution in [1.82, 2.24) is 5.32 Å². The summed E-state index contributed by atoms with van der Waals surface area (Å²) >= 11 is 0. The van der Waals surface area contributed by atoms with E-state index in [2.05, 4.69) is 5.32 Å². The molecule has 22 heavy (non-hydrogen) atoms. The Labute approximate surface area is 129 Å². The zero-order valence-electron chi connectivity index (χ0n) is 12.3. The van der Waals surface area contributed by atoms with Crippen LogP contribution < -0.4 is 15.8 Å². The second kappa shape index (κ2) is 6.66. The smallest absolute Gasteiger partial charge is 0.290 e. The zero-order chi connectivity index (χ0) is 15.4. The van der Waals surface area contributed by atoms with E-state index in [0.29, 0.717) is 24.2 Å². The lowest BCUT2D eigenvalue weighted by Crippen LogP contribution is -2.39. The van der Waals surface area contributed by atoms with E-state index in [-0.39, 0.29) is 17.7 Å². The topological polar surface area (TPSA) is 77.5 Å². The molecule has 1 saturated carbocycles. The van der Waals surface area contributed by atoms with Gasteiger partial charge in [-0.15, -0.1) is 0 Å². The maximum absolute atomic E-state index is 12.2. The maximum atomic E-state index is 12.2. The summed E-state index contributed by atoms with van der Waals surface area (Å²) in [6, 6.07) is 12.7. The van der Waals surface area contributed by atoms with Gasteiger partial charge in [0, 0.05) is 12.1 Å². The van der Waals surface area contributed by atoms with Crippen molar-refractivity contribution in [3.63, 3.8) is 0 Å². The van der Waals surface area contributed by atoms with Crippen LogP contribution >= 0.6 is 0 Å². The molecule has 1 aromatic heterocycles. The first-order valence-corrected chi connectivity index (χ1v) is 7.60. The molecule has 0 spiro atoms. The summed E-state index contributed by atoms with van der Waals surface area (Å²) in [5.41, 5.74) is 5.73. The molecule has 1 fully saturated rings. The molecule has 1 aliphatic carbocycles. The second-order valence-corrected chi connectivity index (χ2v) is 5.54. The molecule has 116 valence electrons. The Balaban J connectivity index is 1.62. The Morgan fingerprint density at radius 1 is 1.23 bits per heavy atom. The van der Waals surface area contributed by atoms with E-state index >= 15 is 0 Å². The quantitative estimate of drug-likeness (QED) is 0.890. The lowest BCUT2D eigenvalue weighted by molar-refractivity contribution is 0.0895. The van der Waals surface area contributed by atoms with Crippen LogP contribution in [0.2, 0.25) is 0 Å². The molecular weight excluding hydrogens is 280 g/mol. The van der Waals surface area contributed by atoms with Gasteiger partial charge < -0.3 is 20.2 Å². The van der Waals surface area contributed by atoms with Crippen molar-refractivity contribution in [3.05, 3.63) is 48.2 Å². The number of amides is 1. The van der Waals surface area contributed by atoms with Crippen molar-refractivity contribution < 1.29 is 13.9 Å². The highest BCUT2D eigenvalue weighted by Gasteiger charge is 2.28. The van der Waals surface area contributed by atoms with Crippen LogP contribution in [0.3, 0.4) is 0 Å². The number of nitrogens with two attached hydrogens (primary N) is 1. The summed E-state index contributed by atoms with van der Waals surface area (Å²) in [5.74, 6) is 1.38. The molecule has 5 heteroatoms. The van der Waals surface area contributed by atoms with Crippen LogP contribution in [0, 0.1) is 5.92 Å². The van der Waals surface area contributed by atoms with Gasteiger partial charge in [-0.3, -0.25) is 4.79 Å². The molecule has 1 aliphatic rings. The Hall–Kier alpha value is -2.27. The number of nitrogens with one attached hydrogen (secondary N) is 1. The van der Waals surface area contributed by atoms with Crippen molar-refractivity contribution in [1.29, 1.82) is 0 Å². The van der Waals surface area contributed by atoms with E-state index in [1.54, 1.807) is 12.1 Å². The third kappa shape index (κ3) is 3.31. The number of ether oxygens (including phenoxy) is 1. The Bertz CT molecular complexity index is 624. The van der Waals surface area contributed by atoms with E-state index in [4.69, 9.17) is 14.9 Å². The number of carbonyl (C=O) groups excluding carboxylic acids is 1. The van der Waals surface area contributed by atoms with Gasteiger partial charge >= 0.3 is 0 Å². The highest BCUT2D eigenvalue weighted by atomic mass is 16.6. The van der Waals surface area contributed by atoms with Gasteiger partial charge in [0.1, 0.15) is 5.75 Å². The summed E-state index contributed by atoms with van der Waals surface area (Å²) in [7, 11) is 0. The Morgan fingerprint density at radius 3 is 2.82 bits per heavy atom. The van der Waals surface area contributed by atoms with Crippen LogP contribution in [0.4, 0.5) is 0 Å². The molecule has 1 amide bonds. The number of para-hydroxylation sites is 1. The van der Waals surface area contributed by atoms with E-state index in [1.807, 2.05) is 30.3 Å². The fourth-order valence-corrected chi connectivity index (χ4v) is 2.85. The predicted molar refractivity (Wildman–Crippen MR) is 82.9 cm³/mol. The fourth-order valence-electron chi connectivity index (χ4n) is 2.85. The highest BCUT2D eigenvalue weighted by molar-refractivity contribution is 5.91. The molecule has 3 rings (SSSR count). The normalized spacial score (nSPS) is 20.8. The summed E-state index contributed by atoms with van der Waals surface area (Å²) in [4.78, 5) is 12.2. The van der Waals surface area contributed by atoms with E-state index in [9.17, 15) is 4.79 Å². The van der Waals surface area contributed by atoms with E-state index in [1.165, 1.54) is 0 Å². The molecule has 2 aromatic rings. The van der Waals surface area contributed by atoms with Crippen LogP contribution in [0.15, 0.2) is 46.9 Å². The zero-order valence-corrected chi connectivity index (χ0v) is 12.3. The first-order chi connectivity index (χ1) is 10.8. The number of benzene rings is 1. The van der Waals surface area contributed by atoms with Gasteiger partial charge in [-0.2, -0.15) is 0 Å². The minimum Gasteiger partial charge on any atom is -0.426 e. The van der Waals surface area contributed by atoms with Crippen LogP contribution in [-0.2, 0) is 0 Å². The highest BCUT2D eigenvalue weighted by Crippen LogP contribution is 2.26. The number of furan rings is 1. The summed E-state index contributed by atoms with van der Waals surface area (Å²) in [6.07, 6.45) is 3.15. The van der Waals surface area contributed by atoms with Gasteiger partial charge in [-0.25, -0.2) is 0 Å².